The molecule has 3 rings (SSSR count). The second-order valence-electron chi connectivity index (χ2n) is 6.54. The molecule has 0 spiro atoms. The van der Waals surface area contributed by atoms with Crippen LogP contribution in [0.2, 0.25) is 0 Å². The van der Waals surface area contributed by atoms with Crippen molar-refractivity contribution in [1.29, 1.82) is 0 Å². The molecule has 0 fully saturated rings. The van der Waals surface area contributed by atoms with Gasteiger partial charge in [0.25, 0.3) is 0 Å². The molecule has 9 heteroatoms. The zero-order valence-electron chi connectivity index (χ0n) is 17.2. The third-order valence-corrected chi connectivity index (χ3v) is 6.03. The molecule has 0 saturated carbocycles. The van der Waals surface area contributed by atoms with Gasteiger partial charge in [-0.3, -0.25) is 9.59 Å². The highest BCUT2D eigenvalue weighted by Crippen LogP contribution is 2.36. The highest BCUT2D eigenvalue weighted by molar-refractivity contribution is 8.00. The van der Waals surface area contributed by atoms with Crippen molar-refractivity contribution in [3.8, 4) is 11.1 Å². The molecule has 3 aromatic rings. The Balaban J connectivity index is 1.59. The van der Waals surface area contributed by atoms with E-state index in [9.17, 15) is 18.8 Å². The number of rotatable bonds is 9. The van der Waals surface area contributed by atoms with Gasteiger partial charge >= 0.3 is 5.97 Å². The van der Waals surface area contributed by atoms with E-state index in [0.717, 1.165) is 17.3 Å². The molecule has 0 radical (unpaired) electrons. The molecule has 0 aliphatic carbocycles. The monoisotopic (exact) mass is 472 g/mol. The fraction of sp³-hybridized carbons (Fsp3) is 0.174. The summed E-state index contributed by atoms with van der Waals surface area (Å²) in [5.74, 6) is -1.46. The molecule has 2 amide bonds. The minimum atomic E-state index is -0.505. The van der Waals surface area contributed by atoms with Crippen molar-refractivity contribution in [2.75, 3.05) is 28.7 Å². The number of carbonyl (C=O) groups is 3. The number of nitrogens with one attached hydrogen (secondary N) is 2. The van der Waals surface area contributed by atoms with Crippen molar-refractivity contribution < 1.29 is 23.5 Å². The summed E-state index contributed by atoms with van der Waals surface area (Å²) in [6, 6.07) is 14.8. The SMILES string of the molecule is CCOC(=O)c1c(-c2ccccc2)csc1NC(=O)CSCC(=O)Nc1ccc(F)cc1. The van der Waals surface area contributed by atoms with Crippen LogP contribution < -0.4 is 10.6 Å². The van der Waals surface area contributed by atoms with Gasteiger partial charge in [0.2, 0.25) is 11.8 Å². The smallest absolute Gasteiger partial charge is 0.341 e. The van der Waals surface area contributed by atoms with Crippen LogP contribution in [-0.2, 0) is 14.3 Å². The molecule has 2 aromatic carbocycles. The molecule has 6 nitrogen and oxygen atoms in total. The maximum absolute atomic E-state index is 12.9. The van der Waals surface area contributed by atoms with E-state index < -0.39 is 5.97 Å². The molecule has 1 aromatic heterocycles. The van der Waals surface area contributed by atoms with Crippen LogP contribution in [0.5, 0.6) is 0 Å². The second-order valence-corrected chi connectivity index (χ2v) is 8.40. The van der Waals surface area contributed by atoms with Crippen LogP contribution in [0.25, 0.3) is 11.1 Å². The number of esters is 1. The van der Waals surface area contributed by atoms with Crippen LogP contribution in [0.15, 0.2) is 60.0 Å². The van der Waals surface area contributed by atoms with Gasteiger partial charge in [-0.1, -0.05) is 30.3 Å². The van der Waals surface area contributed by atoms with E-state index in [4.69, 9.17) is 4.74 Å². The van der Waals surface area contributed by atoms with Crippen molar-refractivity contribution in [3.63, 3.8) is 0 Å². The van der Waals surface area contributed by atoms with Crippen LogP contribution >= 0.6 is 23.1 Å². The summed E-state index contributed by atoms with van der Waals surface area (Å²) >= 11 is 2.37. The van der Waals surface area contributed by atoms with E-state index >= 15 is 0 Å². The van der Waals surface area contributed by atoms with E-state index in [1.807, 2.05) is 30.3 Å². The molecule has 0 bridgehead atoms. The molecule has 1 heterocycles. The van der Waals surface area contributed by atoms with Crippen LogP contribution in [0, 0.1) is 5.82 Å². The van der Waals surface area contributed by atoms with Crippen molar-refractivity contribution >= 4 is 51.6 Å². The largest absolute Gasteiger partial charge is 0.462 e. The standard InChI is InChI=1S/C23H21FN2O4S2/c1-2-30-23(29)21-18(15-6-4-3-5-7-15)12-32-22(21)26-20(28)14-31-13-19(27)25-17-10-8-16(24)9-11-17/h3-12H,2,13-14H2,1H3,(H,25,27)(H,26,28). The summed E-state index contributed by atoms with van der Waals surface area (Å²) in [7, 11) is 0. The lowest BCUT2D eigenvalue weighted by Gasteiger charge is -2.09. The van der Waals surface area contributed by atoms with Gasteiger partial charge in [0.1, 0.15) is 16.4 Å². The second kappa shape index (κ2) is 11.4. The zero-order valence-corrected chi connectivity index (χ0v) is 18.9. The highest BCUT2D eigenvalue weighted by Gasteiger charge is 2.22. The Labute approximate surface area is 193 Å². The fourth-order valence-electron chi connectivity index (χ4n) is 2.82. The van der Waals surface area contributed by atoms with Crippen molar-refractivity contribution in [3.05, 3.63) is 71.4 Å². The Morgan fingerprint density at radius 1 is 0.969 bits per heavy atom. The predicted molar refractivity (Wildman–Crippen MR) is 127 cm³/mol. The van der Waals surface area contributed by atoms with Gasteiger partial charge in [-0.25, -0.2) is 9.18 Å². The van der Waals surface area contributed by atoms with Gasteiger partial charge in [0.15, 0.2) is 0 Å². The van der Waals surface area contributed by atoms with E-state index in [2.05, 4.69) is 10.6 Å². The Kier molecular flexibility index (Phi) is 8.41. The average Bonchev–Trinajstić information content (AvgIpc) is 3.19. The summed E-state index contributed by atoms with van der Waals surface area (Å²) < 4.78 is 18.1. The molecular weight excluding hydrogens is 451 g/mol. The van der Waals surface area contributed by atoms with E-state index in [1.54, 1.807) is 12.3 Å². The van der Waals surface area contributed by atoms with Crippen molar-refractivity contribution in [2.45, 2.75) is 6.92 Å². The van der Waals surface area contributed by atoms with Crippen LogP contribution in [0.4, 0.5) is 15.1 Å². The average molecular weight is 473 g/mol. The van der Waals surface area contributed by atoms with Gasteiger partial charge in [0.05, 0.1) is 18.1 Å². The number of hydrogen-bond acceptors (Lipinski definition) is 6. The number of carbonyl (C=O) groups excluding carboxylic acids is 3. The fourth-order valence-corrected chi connectivity index (χ4v) is 4.41. The molecule has 0 unspecified atom stereocenters. The van der Waals surface area contributed by atoms with Gasteiger partial charge in [0, 0.05) is 16.6 Å². The molecule has 0 aliphatic heterocycles. The minimum Gasteiger partial charge on any atom is -0.462 e. The third-order valence-electron chi connectivity index (χ3n) is 4.20. The van der Waals surface area contributed by atoms with Gasteiger partial charge in [-0.05, 0) is 36.8 Å². The number of thiophene rings is 1. The third kappa shape index (κ3) is 6.41. The minimum absolute atomic E-state index is 0.0255. The normalized spacial score (nSPS) is 10.4. The van der Waals surface area contributed by atoms with Crippen LogP contribution in [0.3, 0.4) is 0 Å². The maximum Gasteiger partial charge on any atom is 0.341 e. The Morgan fingerprint density at radius 2 is 1.62 bits per heavy atom. The van der Waals surface area contributed by atoms with Crippen molar-refractivity contribution in [1.82, 2.24) is 0 Å². The molecule has 166 valence electrons. The lowest BCUT2D eigenvalue weighted by Crippen LogP contribution is -2.19. The summed E-state index contributed by atoms with van der Waals surface area (Å²) in [5, 5.41) is 7.60. The predicted octanol–water partition coefficient (Wildman–Crippen LogP) is 5.04. The summed E-state index contributed by atoms with van der Waals surface area (Å²) in [6.07, 6.45) is 0. The molecule has 0 atom stereocenters. The number of hydrogen-bond donors (Lipinski definition) is 2. The number of ether oxygens (including phenoxy) is 1. The summed E-state index contributed by atoms with van der Waals surface area (Å²) in [6.45, 7) is 1.94. The Bertz CT molecular complexity index is 1090. The highest BCUT2D eigenvalue weighted by atomic mass is 32.2. The molecule has 0 aliphatic rings. The van der Waals surface area contributed by atoms with Crippen LogP contribution in [0.1, 0.15) is 17.3 Å². The topological polar surface area (TPSA) is 84.5 Å². The molecule has 2 N–H and O–H groups in total. The lowest BCUT2D eigenvalue weighted by molar-refractivity contribution is -0.114. The Morgan fingerprint density at radius 3 is 2.28 bits per heavy atom. The maximum atomic E-state index is 12.9. The number of amides is 2. The Hall–Kier alpha value is -3.17. The number of anilines is 2. The summed E-state index contributed by atoms with van der Waals surface area (Å²) in [4.78, 5) is 37.0. The first-order valence-electron chi connectivity index (χ1n) is 9.75. The number of benzene rings is 2. The van der Waals surface area contributed by atoms with E-state index in [0.29, 0.717) is 21.8 Å². The molecule has 32 heavy (non-hydrogen) atoms. The van der Waals surface area contributed by atoms with E-state index in [1.165, 1.54) is 35.6 Å². The molecular formula is C23H21FN2O4S2. The van der Waals surface area contributed by atoms with Crippen LogP contribution in [-0.4, -0.2) is 35.9 Å². The lowest BCUT2D eigenvalue weighted by atomic mass is 10.0. The van der Waals surface area contributed by atoms with Gasteiger partial charge in [-0.2, -0.15) is 0 Å². The van der Waals surface area contributed by atoms with Gasteiger partial charge in [-0.15, -0.1) is 23.1 Å². The van der Waals surface area contributed by atoms with Crippen molar-refractivity contribution in [2.24, 2.45) is 0 Å². The number of thioether (sulfide) groups is 1. The first kappa shape index (κ1) is 23.5. The first-order valence-corrected chi connectivity index (χ1v) is 11.8. The number of halogens is 1. The first-order chi connectivity index (χ1) is 15.5. The van der Waals surface area contributed by atoms with Gasteiger partial charge < -0.3 is 15.4 Å². The molecule has 0 saturated heterocycles. The zero-order chi connectivity index (χ0) is 22.9. The summed E-state index contributed by atoms with van der Waals surface area (Å²) in [5.41, 5.74) is 2.33. The quantitative estimate of drug-likeness (QED) is 0.426. The van der Waals surface area contributed by atoms with E-state index in [-0.39, 0.29) is 35.7 Å².